The van der Waals surface area contributed by atoms with E-state index in [4.69, 9.17) is 14.0 Å². The highest BCUT2D eigenvalue weighted by Gasteiger charge is 2.15. The molecule has 0 saturated heterocycles. The second-order valence-electron chi connectivity index (χ2n) is 7.78. The largest absolute Gasteiger partial charge is 0.489 e. The first-order valence-electron chi connectivity index (χ1n) is 11.2. The van der Waals surface area contributed by atoms with Crippen molar-refractivity contribution in [2.24, 2.45) is 0 Å². The van der Waals surface area contributed by atoms with Crippen molar-refractivity contribution in [3.8, 4) is 34.7 Å². The first-order chi connectivity index (χ1) is 16.5. The molecular weight excluding hydrogens is 434 g/mol. The zero-order chi connectivity index (χ0) is 24.1. The molecule has 2 aromatic heterocycles. The van der Waals surface area contributed by atoms with Gasteiger partial charge in [-0.1, -0.05) is 12.1 Å². The summed E-state index contributed by atoms with van der Waals surface area (Å²) in [6.07, 6.45) is 2.85. The van der Waals surface area contributed by atoms with Crippen molar-refractivity contribution >= 4 is 16.9 Å². The Kier molecular flexibility index (Phi) is 6.87. The van der Waals surface area contributed by atoms with E-state index in [1.54, 1.807) is 36.0 Å². The van der Waals surface area contributed by atoms with E-state index in [9.17, 15) is 10.1 Å². The Morgan fingerprint density at radius 2 is 2.03 bits per heavy atom. The molecule has 0 fully saturated rings. The Bertz CT molecular complexity index is 1350. The van der Waals surface area contributed by atoms with Gasteiger partial charge in [-0.15, -0.1) is 0 Å². The fourth-order valence-electron chi connectivity index (χ4n) is 3.45. The van der Waals surface area contributed by atoms with E-state index in [1.165, 1.54) is 0 Å². The summed E-state index contributed by atoms with van der Waals surface area (Å²) >= 11 is 0. The molecule has 0 radical (unpaired) electrons. The van der Waals surface area contributed by atoms with E-state index in [0.717, 1.165) is 22.9 Å². The first-order valence-corrected chi connectivity index (χ1v) is 11.2. The van der Waals surface area contributed by atoms with Crippen molar-refractivity contribution in [2.75, 3.05) is 6.61 Å². The lowest BCUT2D eigenvalue weighted by atomic mass is 10.1. The minimum atomic E-state index is -0.249. The molecule has 0 aliphatic heterocycles. The molecule has 4 aromatic rings. The van der Waals surface area contributed by atoms with Gasteiger partial charge >= 0.3 is 5.97 Å². The number of fused-ring (bicyclic) bond motifs is 1. The summed E-state index contributed by atoms with van der Waals surface area (Å²) < 4.78 is 18.0. The summed E-state index contributed by atoms with van der Waals surface area (Å²) in [5.41, 5.74) is 2.71. The molecule has 0 bridgehead atoms. The van der Waals surface area contributed by atoms with Gasteiger partial charge in [0.1, 0.15) is 11.8 Å². The van der Waals surface area contributed by atoms with Crippen LogP contribution in [0.4, 0.5) is 0 Å². The minimum Gasteiger partial charge on any atom is -0.489 e. The molecule has 0 amide bonds. The number of aromatic nitrogens is 4. The van der Waals surface area contributed by atoms with E-state index in [-0.39, 0.29) is 18.5 Å². The number of nitrogens with zero attached hydrogens (tertiary/aromatic N) is 5. The number of carbonyl (C=O) groups is 1. The molecule has 0 unspecified atom stereocenters. The molecule has 1 atom stereocenters. The molecule has 0 aliphatic rings. The molecule has 0 spiro atoms. The quantitative estimate of drug-likeness (QED) is 0.329. The molecule has 9 heteroatoms. The zero-order valence-corrected chi connectivity index (χ0v) is 19.3. The highest BCUT2D eigenvalue weighted by molar-refractivity contribution is 5.83. The molecule has 174 valence electrons. The Labute approximate surface area is 196 Å². The van der Waals surface area contributed by atoms with Crippen molar-refractivity contribution in [3.05, 3.63) is 48.2 Å². The third-order valence-corrected chi connectivity index (χ3v) is 5.41. The number of aryl methyl sites for hydroxylation is 1. The van der Waals surface area contributed by atoms with Gasteiger partial charge in [0, 0.05) is 16.5 Å². The van der Waals surface area contributed by atoms with Crippen LogP contribution in [0.25, 0.3) is 33.7 Å². The second kappa shape index (κ2) is 10.2. The summed E-state index contributed by atoms with van der Waals surface area (Å²) in [4.78, 5) is 16.1. The van der Waals surface area contributed by atoms with E-state index >= 15 is 0 Å². The van der Waals surface area contributed by atoms with Crippen molar-refractivity contribution in [3.63, 3.8) is 0 Å². The van der Waals surface area contributed by atoms with Gasteiger partial charge in [-0.3, -0.25) is 9.48 Å². The molecule has 0 N–H and O–H groups in total. The number of carbonyl (C=O) groups excluding carboxylic acids is 1. The highest BCUT2D eigenvalue weighted by Crippen LogP contribution is 2.29. The van der Waals surface area contributed by atoms with E-state index < -0.39 is 0 Å². The molecule has 9 nitrogen and oxygen atoms in total. The van der Waals surface area contributed by atoms with Crippen LogP contribution in [0.1, 0.15) is 39.2 Å². The van der Waals surface area contributed by atoms with Crippen molar-refractivity contribution < 1.29 is 18.8 Å². The van der Waals surface area contributed by atoms with Crippen LogP contribution in [0.5, 0.6) is 5.75 Å². The summed E-state index contributed by atoms with van der Waals surface area (Å²) in [5, 5.41) is 18.9. The van der Waals surface area contributed by atoms with Crippen LogP contribution in [0.15, 0.2) is 47.1 Å². The molecule has 4 rings (SSSR count). The number of benzene rings is 2. The maximum Gasteiger partial charge on any atom is 0.307 e. The van der Waals surface area contributed by atoms with Gasteiger partial charge in [-0.05, 0) is 56.7 Å². The summed E-state index contributed by atoms with van der Waals surface area (Å²) in [6.45, 7) is 6.57. The standard InChI is InChI=1S/C25H25N5O4/c1-4-16(3)33-22-9-7-18(13-19(22)14-26)25-28-24(29-34-25)17-6-8-21-20(12-17)15-27-30(21)11-10-23(31)32-5-2/h6-9,12-13,15-16H,4-5,10-11H2,1-3H3/t16-/m0/s1. The van der Waals surface area contributed by atoms with Gasteiger partial charge in [0.2, 0.25) is 5.82 Å². The summed E-state index contributed by atoms with van der Waals surface area (Å²) in [6, 6.07) is 13.1. The molecule has 2 aromatic carbocycles. The minimum absolute atomic E-state index is 0.0115. The number of hydrogen-bond donors (Lipinski definition) is 0. The van der Waals surface area contributed by atoms with Crippen LogP contribution in [0.3, 0.4) is 0 Å². The van der Waals surface area contributed by atoms with Crippen LogP contribution < -0.4 is 4.74 Å². The number of rotatable bonds is 9. The fourth-order valence-corrected chi connectivity index (χ4v) is 3.45. The van der Waals surface area contributed by atoms with Crippen molar-refractivity contribution in [2.45, 2.75) is 46.3 Å². The summed E-state index contributed by atoms with van der Waals surface area (Å²) in [7, 11) is 0. The molecular formula is C25H25N5O4. The average molecular weight is 460 g/mol. The lowest BCUT2D eigenvalue weighted by Gasteiger charge is -2.13. The highest BCUT2D eigenvalue weighted by atomic mass is 16.5. The first kappa shape index (κ1) is 23.0. The van der Waals surface area contributed by atoms with Gasteiger partial charge in [-0.2, -0.15) is 15.3 Å². The molecule has 0 saturated carbocycles. The number of nitriles is 1. The number of esters is 1. The van der Waals surface area contributed by atoms with Gasteiger partial charge in [0.05, 0.1) is 43.0 Å². The van der Waals surface area contributed by atoms with Gasteiger partial charge < -0.3 is 14.0 Å². The van der Waals surface area contributed by atoms with E-state index in [1.807, 2.05) is 32.0 Å². The van der Waals surface area contributed by atoms with E-state index in [2.05, 4.69) is 21.3 Å². The predicted octanol–water partition coefficient (Wildman–Crippen LogP) is 4.76. The number of ether oxygens (including phenoxy) is 2. The SMILES string of the molecule is CCOC(=O)CCn1ncc2cc(-c3noc(-c4ccc(O[C@@H](C)CC)c(C#N)c4)n3)ccc21. The Morgan fingerprint density at radius 1 is 1.21 bits per heavy atom. The smallest absolute Gasteiger partial charge is 0.307 e. The monoisotopic (exact) mass is 459 g/mol. The lowest BCUT2D eigenvalue weighted by Crippen LogP contribution is -2.10. The third-order valence-electron chi connectivity index (χ3n) is 5.41. The van der Waals surface area contributed by atoms with Crippen LogP contribution >= 0.6 is 0 Å². The fraction of sp³-hybridized carbons (Fsp3) is 0.320. The molecule has 2 heterocycles. The summed E-state index contributed by atoms with van der Waals surface area (Å²) in [5.74, 6) is 1.02. The van der Waals surface area contributed by atoms with E-state index in [0.29, 0.717) is 41.7 Å². The van der Waals surface area contributed by atoms with Crippen LogP contribution in [0.2, 0.25) is 0 Å². The van der Waals surface area contributed by atoms with Gasteiger partial charge in [-0.25, -0.2) is 0 Å². The van der Waals surface area contributed by atoms with Crippen LogP contribution in [-0.2, 0) is 16.1 Å². The van der Waals surface area contributed by atoms with Crippen LogP contribution in [-0.4, -0.2) is 38.6 Å². The van der Waals surface area contributed by atoms with Crippen molar-refractivity contribution in [1.82, 2.24) is 19.9 Å². The number of hydrogen-bond acceptors (Lipinski definition) is 8. The third kappa shape index (κ3) is 4.91. The Morgan fingerprint density at radius 3 is 2.79 bits per heavy atom. The normalized spacial score (nSPS) is 11.8. The van der Waals surface area contributed by atoms with Crippen LogP contribution in [0, 0.1) is 11.3 Å². The van der Waals surface area contributed by atoms with Gasteiger partial charge in [0.25, 0.3) is 5.89 Å². The maximum atomic E-state index is 11.6. The zero-order valence-electron chi connectivity index (χ0n) is 19.3. The topological polar surface area (TPSA) is 116 Å². The average Bonchev–Trinajstić information content (AvgIpc) is 3.50. The maximum absolute atomic E-state index is 11.6. The Hall–Kier alpha value is -4.19. The van der Waals surface area contributed by atoms with Crippen molar-refractivity contribution in [1.29, 1.82) is 5.26 Å². The Balaban J connectivity index is 1.54. The molecule has 34 heavy (non-hydrogen) atoms. The molecule has 0 aliphatic carbocycles. The predicted molar refractivity (Wildman–Crippen MR) is 125 cm³/mol. The second-order valence-corrected chi connectivity index (χ2v) is 7.78. The lowest BCUT2D eigenvalue weighted by molar-refractivity contribution is -0.143. The van der Waals surface area contributed by atoms with Gasteiger partial charge in [0.15, 0.2) is 0 Å².